The third-order valence-corrected chi connectivity index (χ3v) is 3.50. The molecule has 0 spiro atoms. The van der Waals surface area contributed by atoms with E-state index in [1.54, 1.807) is 10.3 Å². The molecule has 1 atom stereocenters. The number of carbonyl (C=O) groups excluding carboxylic acids is 1. The number of amides is 1. The average Bonchev–Trinajstić information content (AvgIpc) is 2.91. The summed E-state index contributed by atoms with van der Waals surface area (Å²) in [6.07, 6.45) is -0.0363. The largest absolute Gasteiger partial charge is 0.487 e. The number of nitrogens with zero attached hydrogens (tertiary/aromatic N) is 3. The number of hydrogen-bond donors (Lipinski definition) is 0. The third kappa shape index (κ3) is 2.19. The van der Waals surface area contributed by atoms with Gasteiger partial charge in [0, 0.05) is 5.38 Å². The predicted octanol–water partition coefficient (Wildman–Crippen LogP) is 2.27. The molecule has 0 bridgehead atoms. The first-order valence-electron chi connectivity index (χ1n) is 6.01. The second-order valence-electron chi connectivity index (χ2n) is 4.61. The number of carbonyl (C=O) groups is 1. The molecular weight excluding hydrogens is 262 g/mol. The first kappa shape index (κ1) is 12.1. The molecule has 6 heteroatoms. The smallest absolute Gasteiger partial charge is 0.279 e. The summed E-state index contributed by atoms with van der Waals surface area (Å²) < 4.78 is 9.50. The van der Waals surface area contributed by atoms with Crippen LogP contribution in [0.5, 0.6) is 5.75 Å². The number of aromatic nitrogens is 2. The van der Waals surface area contributed by atoms with Gasteiger partial charge in [-0.15, -0.1) is 5.10 Å². The molecule has 1 aliphatic heterocycles. The predicted molar refractivity (Wildman–Crippen MR) is 72.9 cm³/mol. The molecule has 2 heterocycles. The summed E-state index contributed by atoms with van der Waals surface area (Å²) in [6.45, 7) is 4.46. The van der Waals surface area contributed by atoms with Gasteiger partial charge >= 0.3 is 0 Å². The normalized spacial score (nSPS) is 17.8. The van der Waals surface area contributed by atoms with E-state index in [2.05, 4.69) is 9.59 Å². The Morgan fingerprint density at radius 2 is 2.37 bits per heavy atom. The molecule has 0 fully saturated rings. The monoisotopic (exact) mass is 275 g/mol. The van der Waals surface area contributed by atoms with Crippen molar-refractivity contribution in [2.45, 2.75) is 20.0 Å². The molecule has 1 unspecified atom stereocenters. The van der Waals surface area contributed by atoms with Gasteiger partial charge in [-0.2, -0.15) is 0 Å². The molecule has 5 nitrogen and oxygen atoms in total. The van der Waals surface area contributed by atoms with Crippen LogP contribution in [0.3, 0.4) is 0 Å². The Morgan fingerprint density at radius 1 is 1.53 bits per heavy atom. The standard InChI is InChI=1S/C13H13N3O2S/c1-8-3-4-12-11(5-8)16(6-9(2)18-12)13(17)10-7-19-15-14-10/h3-5,7,9H,6H2,1-2H3. The summed E-state index contributed by atoms with van der Waals surface area (Å²) in [4.78, 5) is 14.2. The van der Waals surface area contributed by atoms with Crippen molar-refractivity contribution in [1.82, 2.24) is 9.59 Å². The summed E-state index contributed by atoms with van der Waals surface area (Å²) in [5.41, 5.74) is 2.27. The van der Waals surface area contributed by atoms with Gasteiger partial charge < -0.3 is 4.74 Å². The second kappa shape index (κ2) is 4.62. The van der Waals surface area contributed by atoms with E-state index in [-0.39, 0.29) is 12.0 Å². The van der Waals surface area contributed by atoms with Crippen molar-refractivity contribution in [2.24, 2.45) is 0 Å². The SMILES string of the molecule is Cc1ccc2c(c1)N(C(=O)c1csnn1)CC(C)O2. The lowest BCUT2D eigenvalue weighted by Gasteiger charge is -2.33. The Labute approximate surface area is 115 Å². The summed E-state index contributed by atoms with van der Waals surface area (Å²) in [7, 11) is 0. The highest BCUT2D eigenvalue weighted by Gasteiger charge is 2.29. The van der Waals surface area contributed by atoms with Crippen LogP contribution in [0.4, 0.5) is 5.69 Å². The molecule has 0 saturated carbocycles. The molecular formula is C13H13N3O2S. The maximum Gasteiger partial charge on any atom is 0.279 e. The number of fused-ring (bicyclic) bond motifs is 1. The highest BCUT2D eigenvalue weighted by Crippen LogP contribution is 2.34. The fourth-order valence-electron chi connectivity index (χ4n) is 2.14. The quantitative estimate of drug-likeness (QED) is 0.801. The van der Waals surface area contributed by atoms with Crippen molar-refractivity contribution in [2.75, 3.05) is 11.4 Å². The Bertz CT molecular complexity index is 612. The molecule has 1 amide bonds. The number of aryl methyl sites for hydroxylation is 1. The van der Waals surface area contributed by atoms with Gasteiger partial charge in [-0.25, -0.2) is 0 Å². The third-order valence-electron chi connectivity index (χ3n) is 3.00. The molecule has 0 N–H and O–H groups in total. The van der Waals surface area contributed by atoms with E-state index in [1.165, 1.54) is 11.5 Å². The Kier molecular flexibility index (Phi) is 2.94. The maximum absolute atomic E-state index is 12.5. The molecule has 0 radical (unpaired) electrons. The Morgan fingerprint density at radius 3 is 3.11 bits per heavy atom. The minimum Gasteiger partial charge on any atom is -0.487 e. The van der Waals surface area contributed by atoms with Crippen molar-refractivity contribution >= 4 is 23.1 Å². The lowest BCUT2D eigenvalue weighted by atomic mass is 10.1. The topological polar surface area (TPSA) is 55.3 Å². The van der Waals surface area contributed by atoms with Gasteiger partial charge in [0.05, 0.1) is 12.2 Å². The molecule has 1 aliphatic rings. The van der Waals surface area contributed by atoms with Crippen molar-refractivity contribution in [3.8, 4) is 5.75 Å². The molecule has 0 aliphatic carbocycles. The molecule has 98 valence electrons. The number of anilines is 1. The van der Waals surface area contributed by atoms with E-state index < -0.39 is 0 Å². The lowest BCUT2D eigenvalue weighted by Crippen LogP contribution is -2.42. The zero-order valence-electron chi connectivity index (χ0n) is 10.7. The van der Waals surface area contributed by atoms with Crippen LogP contribution in [0.1, 0.15) is 23.0 Å². The van der Waals surface area contributed by atoms with Crippen LogP contribution in [0.25, 0.3) is 0 Å². The van der Waals surface area contributed by atoms with Gasteiger partial charge in [0.2, 0.25) is 0 Å². The number of hydrogen-bond acceptors (Lipinski definition) is 5. The summed E-state index contributed by atoms with van der Waals surface area (Å²) >= 11 is 1.18. The fourth-order valence-corrected chi connectivity index (χ4v) is 2.57. The first-order valence-corrected chi connectivity index (χ1v) is 6.85. The second-order valence-corrected chi connectivity index (χ2v) is 5.22. The van der Waals surface area contributed by atoms with E-state index in [9.17, 15) is 4.79 Å². The van der Waals surface area contributed by atoms with E-state index in [4.69, 9.17) is 4.74 Å². The van der Waals surface area contributed by atoms with Crippen LogP contribution >= 0.6 is 11.5 Å². The van der Waals surface area contributed by atoms with Crippen LogP contribution in [0, 0.1) is 6.92 Å². The van der Waals surface area contributed by atoms with E-state index >= 15 is 0 Å². The average molecular weight is 275 g/mol. The maximum atomic E-state index is 12.5. The van der Waals surface area contributed by atoms with Gasteiger partial charge in [0.15, 0.2) is 5.69 Å². The highest BCUT2D eigenvalue weighted by molar-refractivity contribution is 7.03. The fraction of sp³-hybridized carbons (Fsp3) is 0.308. The molecule has 0 saturated heterocycles. The zero-order chi connectivity index (χ0) is 13.4. The van der Waals surface area contributed by atoms with Crippen LogP contribution in [-0.2, 0) is 0 Å². The van der Waals surface area contributed by atoms with Gasteiger partial charge in [-0.3, -0.25) is 9.69 Å². The lowest BCUT2D eigenvalue weighted by molar-refractivity contribution is 0.0956. The minimum atomic E-state index is -0.129. The minimum absolute atomic E-state index is 0.0363. The van der Waals surface area contributed by atoms with Crippen molar-refractivity contribution in [3.63, 3.8) is 0 Å². The van der Waals surface area contributed by atoms with E-state index in [1.807, 2.05) is 32.0 Å². The Hall–Kier alpha value is -1.95. The van der Waals surface area contributed by atoms with Crippen LogP contribution in [0.15, 0.2) is 23.6 Å². The van der Waals surface area contributed by atoms with Crippen LogP contribution in [0.2, 0.25) is 0 Å². The highest BCUT2D eigenvalue weighted by atomic mass is 32.1. The molecule has 19 heavy (non-hydrogen) atoms. The molecule has 1 aromatic heterocycles. The molecule has 3 rings (SSSR count). The van der Waals surface area contributed by atoms with Crippen molar-refractivity contribution in [3.05, 3.63) is 34.8 Å². The number of ether oxygens (including phenoxy) is 1. The van der Waals surface area contributed by atoms with Gasteiger partial charge in [0.25, 0.3) is 5.91 Å². The number of rotatable bonds is 1. The van der Waals surface area contributed by atoms with Crippen LogP contribution in [-0.4, -0.2) is 28.1 Å². The zero-order valence-corrected chi connectivity index (χ0v) is 11.5. The molecule has 1 aromatic carbocycles. The summed E-state index contributed by atoms with van der Waals surface area (Å²) in [6, 6.07) is 5.84. The van der Waals surface area contributed by atoms with E-state index in [0.29, 0.717) is 12.2 Å². The molecule has 2 aromatic rings. The van der Waals surface area contributed by atoms with Crippen LogP contribution < -0.4 is 9.64 Å². The Balaban J connectivity index is 2.03. The van der Waals surface area contributed by atoms with Gasteiger partial charge in [-0.1, -0.05) is 10.6 Å². The number of benzene rings is 1. The van der Waals surface area contributed by atoms with Crippen molar-refractivity contribution in [1.29, 1.82) is 0 Å². The first-order chi connectivity index (χ1) is 9.15. The summed E-state index contributed by atoms with van der Waals surface area (Å²) in [5, 5.41) is 5.51. The van der Waals surface area contributed by atoms with E-state index in [0.717, 1.165) is 17.0 Å². The van der Waals surface area contributed by atoms with Crippen molar-refractivity contribution < 1.29 is 9.53 Å². The summed E-state index contributed by atoms with van der Waals surface area (Å²) in [5.74, 6) is 0.608. The van der Waals surface area contributed by atoms with Gasteiger partial charge in [-0.05, 0) is 43.1 Å². The van der Waals surface area contributed by atoms with Gasteiger partial charge in [0.1, 0.15) is 11.9 Å².